The molecule has 170 valence electrons. The first-order valence-electron chi connectivity index (χ1n) is 10.4. The first kappa shape index (κ1) is 22.2. The molecule has 1 aliphatic heterocycles. The van der Waals surface area contributed by atoms with Gasteiger partial charge in [-0.2, -0.15) is 4.98 Å². The van der Waals surface area contributed by atoms with Gasteiger partial charge in [0.2, 0.25) is 5.82 Å². The molecular formula is C23H23N5O5. The first-order chi connectivity index (χ1) is 16.0. The fourth-order valence-corrected chi connectivity index (χ4v) is 3.67. The number of ether oxygens (including phenoxy) is 2. The second-order valence-corrected chi connectivity index (χ2v) is 7.47. The quantitative estimate of drug-likeness (QED) is 0.305. The Morgan fingerprint density at radius 2 is 1.73 bits per heavy atom. The van der Waals surface area contributed by atoms with E-state index in [2.05, 4.69) is 31.7 Å². The van der Waals surface area contributed by atoms with Crippen molar-refractivity contribution in [1.82, 2.24) is 14.9 Å². The largest absolute Gasteiger partial charge is 0.465 e. The predicted molar refractivity (Wildman–Crippen MR) is 120 cm³/mol. The number of aromatic nitrogens is 2. The smallest absolute Gasteiger partial charge is 0.373 e. The molecule has 33 heavy (non-hydrogen) atoms. The monoisotopic (exact) mass is 449 g/mol. The molecule has 1 fully saturated rings. The maximum atomic E-state index is 11.9. The molecule has 1 aromatic heterocycles. The molecule has 3 aromatic rings. The summed E-state index contributed by atoms with van der Waals surface area (Å²) in [5.74, 6) is -0.0931. The number of hydrogen-bond donors (Lipinski definition) is 0. The number of carbonyl (C=O) groups is 1. The third kappa shape index (κ3) is 5.24. The van der Waals surface area contributed by atoms with Crippen molar-refractivity contribution in [1.29, 1.82) is 0 Å². The van der Waals surface area contributed by atoms with Crippen molar-refractivity contribution < 1.29 is 19.2 Å². The van der Waals surface area contributed by atoms with Crippen molar-refractivity contribution in [3.63, 3.8) is 0 Å². The molecule has 10 nitrogen and oxygen atoms in total. The maximum Gasteiger partial charge on any atom is 0.373 e. The zero-order chi connectivity index (χ0) is 23.2. The topological polar surface area (TPSA) is 111 Å². The molecule has 4 rings (SSSR count). The van der Waals surface area contributed by atoms with E-state index in [0.717, 1.165) is 19.6 Å². The van der Waals surface area contributed by atoms with Gasteiger partial charge in [0.15, 0.2) is 0 Å². The first-order valence-corrected chi connectivity index (χ1v) is 10.4. The summed E-state index contributed by atoms with van der Waals surface area (Å²) in [6.45, 7) is 3.52. The van der Waals surface area contributed by atoms with Crippen molar-refractivity contribution in [3.05, 3.63) is 82.2 Å². The van der Waals surface area contributed by atoms with E-state index in [0.29, 0.717) is 24.4 Å². The van der Waals surface area contributed by atoms with Gasteiger partial charge < -0.3 is 14.4 Å². The van der Waals surface area contributed by atoms with Gasteiger partial charge in [-0.05, 0) is 29.8 Å². The summed E-state index contributed by atoms with van der Waals surface area (Å²) >= 11 is 0. The summed E-state index contributed by atoms with van der Waals surface area (Å²) in [4.78, 5) is 35.4. The third-order valence-corrected chi connectivity index (χ3v) is 5.36. The van der Waals surface area contributed by atoms with Crippen molar-refractivity contribution in [2.75, 3.05) is 38.2 Å². The van der Waals surface area contributed by atoms with E-state index in [1.807, 2.05) is 23.1 Å². The highest BCUT2D eigenvalue weighted by atomic mass is 16.6. The summed E-state index contributed by atoms with van der Waals surface area (Å²) in [7, 11) is 1.29. The molecule has 0 radical (unpaired) electrons. The van der Waals surface area contributed by atoms with Crippen molar-refractivity contribution >= 4 is 17.5 Å². The minimum atomic E-state index is -0.524. The highest BCUT2D eigenvalue weighted by Gasteiger charge is 2.30. The Balaban J connectivity index is 1.49. The lowest BCUT2D eigenvalue weighted by molar-refractivity contribution is -0.385. The maximum absolute atomic E-state index is 11.9. The highest BCUT2D eigenvalue weighted by molar-refractivity contribution is 5.89. The van der Waals surface area contributed by atoms with Gasteiger partial charge in [-0.25, -0.2) is 9.78 Å². The Morgan fingerprint density at radius 3 is 2.36 bits per heavy atom. The van der Waals surface area contributed by atoms with Gasteiger partial charge in [0.05, 0.1) is 17.6 Å². The molecule has 0 unspecified atom stereocenters. The van der Waals surface area contributed by atoms with Crippen LogP contribution in [0.2, 0.25) is 0 Å². The number of esters is 1. The molecule has 1 aliphatic rings. The summed E-state index contributed by atoms with van der Waals surface area (Å²) < 4.78 is 10.4. The van der Waals surface area contributed by atoms with Crippen LogP contribution in [0.1, 0.15) is 15.9 Å². The Hall–Kier alpha value is -4.05. The Labute approximate surface area is 190 Å². The van der Waals surface area contributed by atoms with Crippen molar-refractivity contribution in [3.8, 4) is 11.6 Å². The van der Waals surface area contributed by atoms with E-state index in [-0.39, 0.29) is 17.4 Å². The number of nitro groups is 1. The molecule has 0 saturated carbocycles. The van der Waals surface area contributed by atoms with Crippen LogP contribution in [0.15, 0.2) is 60.9 Å². The van der Waals surface area contributed by atoms with Gasteiger partial charge in [0.25, 0.3) is 0 Å². The average Bonchev–Trinajstić information content (AvgIpc) is 2.85. The number of hydrogen-bond acceptors (Lipinski definition) is 9. The minimum Gasteiger partial charge on any atom is -0.465 e. The lowest BCUT2D eigenvalue weighted by Crippen LogP contribution is -2.46. The SMILES string of the molecule is COC(=O)c1ccc(Oc2ncnc(N3CCN(Cc4ccccc4)CC3)c2[N+](=O)[O-])cc1. The standard InChI is InChI=1S/C23H23N5O5/c1-32-23(29)18-7-9-19(10-8-18)33-22-20(28(30)31)21(24-16-25-22)27-13-11-26(12-14-27)15-17-5-3-2-4-6-17/h2-10,16H,11-15H2,1H3. The van der Waals surface area contributed by atoms with E-state index in [1.165, 1.54) is 43.3 Å². The molecule has 0 bridgehead atoms. The highest BCUT2D eigenvalue weighted by Crippen LogP contribution is 2.36. The third-order valence-electron chi connectivity index (χ3n) is 5.36. The number of nitrogens with zero attached hydrogens (tertiary/aromatic N) is 5. The van der Waals surface area contributed by atoms with Crippen LogP contribution in [0.5, 0.6) is 11.6 Å². The van der Waals surface area contributed by atoms with E-state index in [1.54, 1.807) is 0 Å². The molecule has 2 heterocycles. The molecule has 0 aliphatic carbocycles. The molecular weight excluding hydrogens is 426 g/mol. The molecule has 10 heteroatoms. The van der Waals surface area contributed by atoms with E-state index < -0.39 is 10.9 Å². The molecule has 1 saturated heterocycles. The van der Waals surface area contributed by atoms with Crippen LogP contribution in [0, 0.1) is 10.1 Å². The van der Waals surface area contributed by atoms with Crippen molar-refractivity contribution in [2.45, 2.75) is 6.54 Å². The van der Waals surface area contributed by atoms with Gasteiger partial charge in [0, 0.05) is 32.7 Å². The number of anilines is 1. The molecule has 0 atom stereocenters. The lowest BCUT2D eigenvalue weighted by atomic mass is 10.2. The van der Waals surface area contributed by atoms with Gasteiger partial charge in [-0.3, -0.25) is 15.0 Å². The van der Waals surface area contributed by atoms with Gasteiger partial charge in [-0.15, -0.1) is 0 Å². The Kier molecular flexibility index (Phi) is 6.75. The van der Waals surface area contributed by atoms with Crippen LogP contribution in [-0.4, -0.2) is 59.0 Å². The summed E-state index contributed by atoms with van der Waals surface area (Å²) in [6.07, 6.45) is 1.26. The number of methoxy groups -OCH3 is 1. The van der Waals surface area contributed by atoms with Gasteiger partial charge >= 0.3 is 17.5 Å². The van der Waals surface area contributed by atoms with E-state index in [4.69, 9.17) is 4.74 Å². The number of benzene rings is 2. The second kappa shape index (κ2) is 10.0. The zero-order valence-electron chi connectivity index (χ0n) is 18.1. The Bertz CT molecular complexity index is 1120. The number of piperazine rings is 1. The van der Waals surface area contributed by atoms with E-state index in [9.17, 15) is 14.9 Å². The van der Waals surface area contributed by atoms with E-state index >= 15 is 0 Å². The summed E-state index contributed by atoms with van der Waals surface area (Å²) in [6, 6.07) is 16.3. The lowest BCUT2D eigenvalue weighted by Gasteiger charge is -2.35. The number of rotatable bonds is 7. The number of carbonyl (C=O) groups excluding carboxylic acids is 1. The predicted octanol–water partition coefficient (Wildman–Crippen LogP) is 3.29. The van der Waals surface area contributed by atoms with Crippen LogP contribution >= 0.6 is 0 Å². The van der Waals surface area contributed by atoms with Crippen LogP contribution in [0.25, 0.3) is 0 Å². The van der Waals surface area contributed by atoms with Crippen LogP contribution < -0.4 is 9.64 Å². The Morgan fingerprint density at radius 1 is 1.03 bits per heavy atom. The molecule has 0 N–H and O–H groups in total. The normalized spacial score (nSPS) is 14.0. The zero-order valence-corrected chi connectivity index (χ0v) is 18.1. The second-order valence-electron chi connectivity index (χ2n) is 7.47. The fourth-order valence-electron chi connectivity index (χ4n) is 3.67. The van der Waals surface area contributed by atoms with Crippen LogP contribution in [0.3, 0.4) is 0 Å². The van der Waals surface area contributed by atoms with Gasteiger partial charge in [0.1, 0.15) is 12.1 Å². The van der Waals surface area contributed by atoms with Crippen LogP contribution in [0.4, 0.5) is 11.5 Å². The summed E-state index contributed by atoms with van der Waals surface area (Å²) in [5, 5.41) is 11.9. The van der Waals surface area contributed by atoms with Gasteiger partial charge in [-0.1, -0.05) is 30.3 Å². The molecule has 0 amide bonds. The minimum absolute atomic E-state index is 0.150. The average molecular weight is 449 g/mol. The van der Waals surface area contributed by atoms with Crippen molar-refractivity contribution in [2.24, 2.45) is 0 Å². The molecule has 2 aromatic carbocycles. The summed E-state index contributed by atoms with van der Waals surface area (Å²) in [5.41, 5.74) is 1.29. The van der Waals surface area contributed by atoms with Crippen LogP contribution in [-0.2, 0) is 11.3 Å². The molecule has 0 spiro atoms. The fraction of sp³-hybridized carbons (Fsp3) is 0.261.